The third kappa shape index (κ3) is 57.4. The summed E-state index contributed by atoms with van der Waals surface area (Å²) >= 11 is 0. The fourth-order valence-electron chi connectivity index (χ4n) is 12.1. The first-order chi connectivity index (χ1) is 45.2. The van der Waals surface area contributed by atoms with E-state index >= 15 is 0 Å². The number of ether oxygens (including phenoxy) is 3. The molecule has 11 heteroatoms. The van der Waals surface area contributed by atoms with Crippen molar-refractivity contribution in [3.05, 3.63) is 72.9 Å². The molecule has 0 aliphatic carbocycles. The summed E-state index contributed by atoms with van der Waals surface area (Å²) < 4.78 is 16.7. The molecule has 0 aromatic rings. The molecule has 1 aliphatic rings. The number of aliphatic hydroxyl groups is 5. The average molecular weight is 1300 g/mol. The van der Waals surface area contributed by atoms with Crippen LogP contribution in [0.2, 0.25) is 0 Å². The summed E-state index contributed by atoms with van der Waals surface area (Å²) in [6.45, 7) is 4.23. The van der Waals surface area contributed by atoms with Crippen LogP contribution in [-0.2, 0) is 23.8 Å². The predicted octanol–water partition coefficient (Wildman–Crippen LogP) is 21.0. The number of esters is 1. The molecule has 0 spiro atoms. The van der Waals surface area contributed by atoms with E-state index in [0.29, 0.717) is 19.4 Å². The molecule has 1 amide bonds. The molecule has 0 aromatic heterocycles. The summed E-state index contributed by atoms with van der Waals surface area (Å²) in [6, 6.07) is -0.833. The SMILES string of the molecule is CC/C=C/CC/C=C/CC/C=C/C(O)C(COC1OC(CO)C(O)C(O)C1O)NC(=O)CCCCCCCCCCCCCCCCCCC/C=C\C/C=C\CCCCCCCCCCCCCOC(=O)CCCCCCCCCCC/C=C\CCCCCCCC. The lowest BCUT2D eigenvalue weighted by atomic mass is 9.99. The predicted molar refractivity (Wildman–Crippen MR) is 389 cm³/mol. The lowest BCUT2D eigenvalue weighted by Crippen LogP contribution is -2.60. The normalized spacial score (nSPS) is 17.9. The van der Waals surface area contributed by atoms with Crippen LogP contribution in [0, 0.1) is 0 Å². The number of amides is 1. The first-order valence-electron chi connectivity index (χ1n) is 39.2. The molecule has 6 N–H and O–H groups in total. The first-order valence-corrected chi connectivity index (χ1v) is 39.2. The highest BCUT2D eigenvalue weighted by Crippen LogP contribution is 2.23. The summed E-state index contributed by atoms with van der Waals surface area (Å²) in [7, 11) is 0. The minimum atomic E-state index is -1.58. The van der Waals surface area contributed by atoms with Crippen LogP contribution < -0.4 is 5.32 Å². The van der Waals surface area contributed by atoms with E-state index in [1.54, 1.807) is 6.08 Å². The van der Waals surface area contributed by atoms with Gasteiger partial charge in [-0.05, 0) is 109 Å². The zero-order chi connectivity index (χ0) is 66.5. The molecule has 1 saturated heterocycles. The zero-order valence-electron chi connectivity index (χ0n) is 59.8. The van der Waals surface area contributed by atoms with Gasteiger partial charge in [-0.3, -0.25) is 9.59 Å². The van der Waals surface area contributed by atoms with Crippen LogP contribution in [0.1, 0.15) is 367 Å². The first kappa shape index (κ1) is 87.1. The summed E-state index contributed by atoms with van der Waals surface area (Å²) in [6.07, 6.45) is 85.2. The van der Waals surface area contributed by atoms with Gasteiger partial charge in [0.15, 0.2) is 6.29 Å². The van der Waals surface area contributed by atoms with Crippen LogP contribution in [0.3, 0.4) is 0 Å². The van der Waals surface area contributed by atoms with Gasteiger partial charge in [-0.25, -0.2) is 0 Å². The van der Waals surface area contributed by atoms with Crippen molar-refractivity contribution in [1.29, 1.82) is 0 Å². The number of allylic oxidation sites excluding steroid dienone is 11. The molecule has 0 aromatic carbocycles. The molecule has 7 unspecified atom stereocenters. The van der Waals surface area contributed by atoms with Gasteiger partial charge in [-0.2, -0.15) is 0 Å². The van der Waals surface area contributed by atoms with Crippen LogP contribution in [-0.4, -0.2) is 100 Å². The Bertz CT molecular complexity index is 1760. The Morgan fingerprint density at radius 3 is 1.20 bits per heavy atom. The zero-order valence-corrected chi connectivity index (χ0v) is 59.8. The Balaban J connectivity index is 1.88. The van der Waals surface area contributed by atoms with Gasteiger partial charge in [0.25, 0.3) is 0 Å². The van der Waals surface area contributed by atoms with Crippen molar-refractivity contribution in [1.82, 2.24) is 5.32 Å². The highest BCUT2D eigenvalue weighted by atomic mass is 16.7. The fraction of sp³-hybridized carbons (Fsp3) is 0.827. The molecule has 1 rings (SSSR count). The second-order valence-electron chi connectivity index (χ2n) is 27.0. The number of hydrogen-bond donors (Lipinski definition) is 6. The molecule has 92 heavy (non-hydrogen) atoms. The van der Waals surface area contributed by atoms with E-state index in [1.165, 1.54) is 263 Å². The number of unbranched alkanes of at least 4 members (excludes halogenated alkanes) is 45. The minimum Gasteiger partial charge on any atom is -0.466 e. The Labute approximate surface area is 566 Å². The Morgan fingerprint density at radius 1 is 0.413 bits per heavy atom. The highest BCUT2D eigenvalue weighted by Gasteiger charge is 2.44. The number of carbonyl (C=O) groups excluding carboxylic acids is 2. The maximum Gasteiger partial charge on any atom is 0.305 e. The van der Waals surface area contributed by atoms with Gasteiger partial charge in [0, 0.05) is 12.8 Å². The van der Waals surface area contributed by atoms with Crippen molar-refractivity contribution in [2.45, 2.75) is 410 Å². The molecule has 1 heterocycles. The summed E-state index contributed by atoms with van der Waals surface area (Å²) in [5.74, 6) is -0.187. The molecule has 11 nitrogen and oxygen atoms in total. The second-order valence-corrected chi connectivity index (χ2v) is 27.0. The van der Waals surface area contributed by atoms with Crippen molar-refractivity contribution in [2.75, 3.05) is 19.8 Å². The smallest absolute Gasteiger partial charge is 0.305 e. The van der Waals surface area contributed by atoms with Crippen molar-refractivity contribution < 1.29 is 49.3 Å². The molecule has 536 valence electrons. The van der Waals surface area contributed by atoms with Gasteiger partial charge in [-0.15, -0.1) is 0 Å². The van der Waals surface area contributed by atoms with Crippen LogP contribution in [0.5, 0.6) is 0 Å². The molecule has 0 saturated carbocycles. The maximum atomic E-state index is 13.0. The number of nitrogens with one attached hydrogen (secondary N) is 1. The van der Waals surface area contributed by atoms with Crippen molar-refractivity contribution in [2.24, 2.45) is 0 Å². The summed E-state index contributed by atoms with van der Waals surface area (Å²) in [5, 5.41) is 54.3. The van der Waals surface area contributed by atoms with Gasteiger partial charge in [-0.1, -0.05) is 318 Å². The fourth-order valence-corrected chi connectivity index (χ4v) is 12.1. The molecule has 0 bridgehead atoms. The van der Waals surface area contributed by atoms with E-state index in [-0.39, 0.29) is 18.5 Å². The van der Waals surface area contributed by atoms with E-state index in [1.807, 2.05) is 6.08 Å². The van der Waals surface area contributed by atoms with Crippen molar-refractivity contribution in [3.63, 3.8) is 0 Å². The van der Waals surface area contributed by atoms with Crippen LogP contribution >= 0.6 is 0 Å². The van der Waals surface area contributed by atoms with E-state index in [0.717, 1.165) is 77.0 Å². The molecular weight excluding hydrogens is 1150 g/mol. The van der Waals surface area contributed by atoms with E-state index in [9.17, 15) is 35.1 Å². The number of aliphatic hydroxyl groups excluding tert-OH is 5. The third-order valence-electron chi connectivity index (χ3n) is 18.3. The summed E-state index contributed by atoms with van der Waals surface area (Å²) in [5.41, 5.74) is 0. The quantitative estimate of drug-likeness (QED) is 0.0195. The lowest BCUT2D eigenvalue weighted by molar-refractivity contribution is -0.302. The van der Waals surface area contributed by atoms with Crippen molar-refractivity contribution >= 4 is 11.9 Å². The van der Waals surface area contributed by atoms with E-state index < -0.39 is 49.5 Å². The minimum absolute atomic E-state index is 0.00932. The topological polar surface area (TPSA) is 175 Å². The largest absolute Gasteiger partial charge is 0.466 e. The van der Waals surface area contributed by atoms with Gasteiger partial charge in [0.2, 0.25) is 5.91 Å². The van der Waals surface area contributed by atoms with Crippen LogP contribution in [0.25, 0.3) is 0 Å². The molecular formula is C81H147NO10. The number of rotatable bonds is 69. The van der Waals surface area contributed by atoms with Crippen LogP contribution in [0.4, 0.5) is 0 Å². The van der Waals surface area contributed by atoms with Gasteiger partial charge in [0.1, 0.15) is 24.4 Å². The molecule has 0 radical (unpaired) electrons. The van der Waals surface area contributed by atoms with Crippen LogP contribution in [0.15, 0.2) is 72.9 Å². The number of carbonyl (C=O) groups is 2. The third-order valence-corrected chi connectivity index (χ3v) is 18.3. The molecule has 7 atom stereocenters. The monoisotopic (exact) mass is 1290 g/mol. The Morgan fingerprint density at radius 2 is 0.772 bits per heavy atom. The highest BCUT2D eigenvalue weighted by molar-refractivity contribution is 5.76. The van der Waals surface area contributed by atoms with Gasteiger partial charge in [0.05, 0.1) is 32.0 Å². The Kier molecular flexibility index (Phi) is 65.8. The maximum absolute atomic E-state index is 13.0. The second kappa shape index (κ2) is 69.5. The number of hydrogen-bond acceptors (Lipinski definition) is 10. The Hall–Kier alpha value is -2.90. The summed E-state index contributed by atoms with van der Waals surface area (Å²) in [4.78, 5) is 25.2. The molecule has 1 fully saturated rings. The van der Waals surface area contributed by atoms with Gasteiger partial charge >= 0.3 is 5.97 Å². The average Bonchev–Trinajstić information content (AvgIpc) is 0.979. The van der Waals surface area contributed by atoms with Gasteiger partial charge < -0.3 is 45.1 Å². The molecule has 1 aliphatic heterocycles. The lowest BCUT2D eigenvalue weighted by Gasteiger charge is -2.40. The van der Waals surface area contributed by atoms with Crippen molar-refractivity contribution in [3.8, 4) is 0 Å². The standard InChI is InChI=1S/C81H147NO10/c1-3-5-7-9-11-13-15-16-17-18-36-40-43-46-49-53-57-61-65-69-77(86)90-70-66-62-58-54-50-47-44-41-38-35-33-31-29-27-25-23-21-19-20-22-24-26-28-30-32-34-37-39-42-45-48-52-56-60-64-68-76(85)82-73(72-91-81-80(89)79(88)78(87)75(71-83)92-81)74(84)67-63-59-55-51-14-12-10-8-6-4-2/h6,8,14,16-17,21,23,27,29,51,63,67,73-75,78-81,83-84,87-89H,3-5,7,9-13,15,18-20,22,24-26,28,30-50,52-62,64-66,68-72H2,1-2H3,(H,82,85)/b8-6+,17-16-,23-21-,29-27-,51-14+,67-63+. The van der Waals surface area contributed by atoms with E-state index in [2.05, 4.69) is 79.9 Å². The van der Waals surface area contributed by atoms with E-state index in [4.69, 9.17) is 14.2 Å².